The van der Waals surface area contributed by atoms with Gasteiger partial charge < -0.3 is 9.47 Å². The van der Waals surface area contributed by atoms with Gasteiger partial charge in [0.2, 0.25) is 0 Å². The van der Waals surface area contributed by atoms with Gasteiger partial charge in [-0.15, -0.1) is 0 Å². The minimum absolute atomic E-state index is 0.308. The average Bonchev–Trinajstić information content (AvgIpc) is 2.41. The topological polar surface area (TPSA) is 35.5 Å². The van der Waals surface area contributed by atoms with Crippen LogP contribution in [0.4, 0.5) is 0 Å². The lowest BCUT2D eigenvalue weighted by Gasteiger charge is -2.19. The fourth-order valence-corrected chi connectivity index (χ4v) is 1.98. The van der Waals surface area contributed by atoms with Gasteiger partial charge in [-0.2, -0.15) is 0 Å². The van der Waals surface area contributed by atoms with Crippen LogP contribution < -0.4 is 0 Å². The molecule has 0 radical (unpaired) electrons. The van der Waals surface area contributed by atoms with Crippen LogP contribution in [-0.4, -0.2) is 19.2 Å². The fraction of sp³-hybridized carbons (Fsp3) is 0.562. The maximum atomic E-state index is 12.0. The number of hydrogen-bond donors (Lipinski definition) is 0. The predicted molar refractivity (Wildman–Crippen MR) is 75.8 cm³/mol. The minimum atomic E-state index is -0.611. The van der Waals surface area contributed by atoms with Gasteiger partial charge in [-0.25, -0.2) is 4.79 Å². The molecule has 0 bridgehead atoms. The highest BCUT2D eigenvalue weighted by Gasteiger charge is 2.23. The number of benzene rings is 1. The first-order valence-corrected chi connectivity index (χ1v) is 7.02. The first-order valence-electron chi connectivity index (χ1n) is 7.02. The van der Waals surface area contributed by atoms with Gasteiger partial charge >= 0.3 is 5.97 Å². The molecule has 0 amide bonds. The van der Waals surface area contributed by atoms with Crippen LogP contribution in [0.5, 0.6) is 0 Å². The molecule has 3 nitrogen and oxygen atoms in total. The van der Waals surface area contributed by atoms with E-state index in [0.717, 1.165) is 18.4 Å². The van der Waals surface area contributed by atoms with Crippen molar-refractivity contribution >= 4 is 5.97 Å². The first kappa shape index (κ1) is 15.7. The number of carbonyl (C=O) groups is 1. The van der Waals surface area contributed by atoms with Gasteiger partial charge in [0.1, 0.15) is 0 Å². The van der Waals surface area contributed by atoms with Crippen LogP contribution in [0.15, 0.2) is 30.3 Å². The molecule has 2 unspecified atom stereocenters. The summed E-state index contributed by atoms with van der Waals surface area (Å²) in [6, 6.07) is 9.52. The van der Waals surface area contributed by atoms with E-state index in [1.54, 1.807) is 6.92 Å². The van der Waals surface area contributed by atoms with Crippen molar-refractivity contribution in [2.75, 3.05) is 13.2 Å². The van der Waals surface area contributed by atoms with Gasteiger partial charge in [-0.1, -0.05) is 50.6 Å². The van der Waals surface area contributed by atoms with Crippen molar-refractivity contribution in [3.05, 3.63) is 35.9 Å². The molecule has 1 aromatic rings. The molecule has 19 heavy (non-hydrogen) atoms. The molecule has 0 saturated carbocycles. The molecular weight excluding hydrogens is 240 g/mol. The van der Waals surface area contributed by atoms with Crippen LogP contribution in [0.1, 0.15) is 45.3 Å². The fourth-order valence-electron chi connectivity index (χ4n) is 1.98. The molecule has 0 aliphatic heterocycles. The van der Waals surface area contributed by atoms with Gasteiger partial charge in [0, 0.05) is 0 Å². The molecule has 106 valence electrons. The SMILES string of the molecule is CCCC(C)COC(C(=O)OCC)c1ccccc1. The molecule has 2 atom stereocenters. The molecule has 0 spiro atoms. The highest BCUT2D eigenvalue weighted by Crippen LogP contribution is 2.20. The first-order chi connectivity index (χ1) is 9.19. The number of ether oxygens (including phenoxy) is 2. The van der Waals surface area contributed by atoms with Gasteiger partial charge in [-0.05, 0) is 24.8 Å². The number of rotatable bonds is 8. The van der Waals surface area contributed by atoms with Crippen molar-refractivity contribution in [3.8, 4) is 0 Å². The van der Waals surface area contributed by atoms with E-state index < -0.39 is 6.10 Å². The number of esters is 1. The van der Waals surface area contributed by atoms with Crippen LogP contribution in [-0.2, 0) is 14.3 Å². The molecule has 0 fully saturated rings. The summed E-state index contributed by atoms with van der Waals surface area (Å²) < 4.78 is 10.9. The average molecular weight is 264 g/mol. The molecule has 0 aliphatic rings. The second kappa shape index (κ2) is 8.70. The Labute approximate surface area is 115 Å². The van der Waals surface area contributed by atoms with Gasteiger partial charge in [0.25, 0.3) is 0 Å². The van der Waals surface area contributed by atoms with Crippen molar-refractivity contribution in [1.82, 2.24) is 0 Å². The highest BCUT2D eigenvalue weighted by atomic mass is 16.6. The van der Waals surface area contributed by atoms with Crippen molar-refractivity contribution in [3.63, 3.8) is 0 Å². The lowest BCUT2D eigenvalue weighted by atomic mass is 10.1. The van der Waals surface area contributed by atoms with Crippen molar-refractivity contribution in [2.24, 2.45) is 5.92 Å². The van der Waals surface area contributed by atoms with Gasteiger partial charge in [0.05, 0.1) is 13.2 Å². The monoisotopic (exact) mass is 264 g/mol. The lowest BCUT2D eigenvalue weighted by Crippen LogP contribution is -2.21. The molecule has 0 saturated heterocycles. The third-order valence-corrected chi connectivity index (χ3v) is 2.93. The molecule has 3 heteroatoms. The van der Waals surface area contributed by atoms with Crippen molar-refractivity contribution < 1.29 is 14.3 Å². The molecule has 1 rings (SSSR count). The summed E-state index contributed by atoms with van der Waals surface area (Å²) in [6.45, 7) is 7.04. The van der Waals surface area contributed by atoms with E-state index in [0.29, 0.717) is 19.1 Å². The van der Waals surface area contributed by atoms with E-state index in [9.17, 15) is 4.79 Å². The maximum Gasteiger partial charge on any atom is 0.339 e. The van der Waals surface area contributed by atoms with Crippen LogP contribution >= 0.6 is 0 Å². The van der Waals surface area contributed by atoms with E-state index in [4.69, 9.17) is 9.47 Å². The zero-order valence-electron chi connectivity index (χ0n) is 12.1. The second-order valence-electron chi connectivity index (χ2n) is 4.77. The summed E-state index contributed by atoms with van der Waals surface area (Å²) >= 11 is 0. The summed E-state index contributed by atoms with van der Waals surface area (Å²) in [5.41, 5.74) is 0.852. The third kappa shape index (κ3) is 5.43. The van der Waals surface area contributed by atoms with E-state index in [-0.39, 0.29) is 5.97 Å². The van der Waals surface area contributed by atoms with Gasteiger partial charge in [0.15, 0.2) is 6.10 Å². The van der Waals surface area contributed by atoms with E-state index in [2.05, 4.69) is 13.8 Å². The minimum Gasteiger partial charge on any atom is -0.464 e. The zero-order chi connectivity index (χ0) is 14.1. The Bertz CT molecular complexity index is 362. The molecule has 0 heterocycles. The Morgan fingerprint density at radius 3 is 2.47 bits per heavy atom. The van der Waals surface area contributed by atoms with Crippen molar-refractivity contribution in [2.45, 2.75) is 39.7 Å². The van der Waals surface area contributed by atoms with Crippen LogP contribution in [0.3, 0.4) is 0 Å². The zero-order valence-corrected chi connectivity index (χ0v) is 12.1. The standard InChI is InChI=1S/C16H24O3/c1-4-9-13(3)12-19-15(16(17)18-5-2)14-10-7-6-8-11-14/h6-8,10-11,13,15H,4-5,9,12H2,1-3H3. The Morgan fingerprint density at radius 2 is 1.89 bits per heavy atom. The Morgan fingerprint density at radius 1 is 1.21 bits per heavy atom. The smallest absolute Gasteiger partial charge is 0.339 e. The van der Waals surface area contributed by atoms with E-state index in [1.165, 1.54) is 0 Å². The predicted octanol–water partition coefficient (Wildman–Crippen LogP) is 3.74. The van der Waals surface area contributed by atoms with Crippen LogP contribution in [0.25, 0.3) is 0 Å². The Balaban J connectivity index is 2.68. The molecule has 0 aromatic heterocycles. The van der Waals surface area contributed by atoms with Crippen molar-refractivity contribution in [1.29, 1.82) is 0 Å². The van der Waals surface area contributed by atoms with E-state index >= 15 is 0 Å². The molecule has 0 aliphatic carbocycles. The molecule has 1 aromatic carbocycles. The quantitative estimate of drug-likeness (QED) is 0.671. The summed E-state index contributed by atoms with van der Waals surface area (Å²) in [6.07, 6.45) is 1.62. The van der Waals surface area contributed by atoms with Gasteiger partial charge in [-0.3, -0.25) is 0 Å². The summed E-state index contributed by atoms with van der Waals surface area (Å²) in [5, 5.41) is 0. The highest BCUT2D eigenvalue weighted by molar-refractivity contribution is 5.76. The number of hydrogen-bond acceptors (Lipinski definition) is 3. The normalized spacial score (nSPS) is 13.8. The lowest BCUT2D eigenvalue weighted by molar-refractivity contribution is -0.158. The number of carbonyl (C=O) groups excluding carboxylic acids is 1. The molecule has 0 N–H and O–H groups in total. The van der Waals surface area contributed by atoms with E-state index in [1.807, 2.05) is 30.3 Å². The summed E-state index contributed by atoms with van der Waals surface area (Å²) in [5.74, 6) is 0.142. The Kier molecular flexibility index (Phi) is 7.19. The molecular formula is C16H24O3. The Hall–Kier alpha value is -1.35. The third-order valence-electron chi connectivity index (χ3n) is 2.93. The second-order valence-corrected chi connectivity index (χ2v) is 4.77. The summed E-state index contributed by atoms with van der Waals surface area (Å²) in [4.78, 5) is 12.0. The maximum absolute atomic E-state index is 12.0. The van der Waals surface area contributed by atoms with Crippen LogP contribution in [0, 0.1) is 5.92 Å². The summed E-state index contributed by atoms with van der Waals surface area (Å²) in [7, 11) is 0. The largest absolute Gasteiger partial charge is 0.464 e. The van der Waals surface area contributed by atoms with Crippen LogP contribution in [0.2, 0.25) is 0 Å².